The number of halogens is 1. The molecule has 0 saturated heterocycles. The Hall–Kier alpha value is -3.06. The summed E-state index contributed by atoms with van der Waals surface area (Å²) < 4.78 is 13.8. The number of hydrogen-bond donors (Lipinski definition) is 0. The Balaban J connectivity index is 1.77. The first-order chi connectivity index (χ1) is 14.2. The lowest BCUT2D eigenvalue weighted by Crippen LogP contribution is -2.39. The van der Waals surface area contributed by atoms with Crippen molar-refractivity contribution in [1.82, 2.24) is 14.3 Å². The molecule has 7 nitrogen and oxygen atoms in total. The second kappa shape index (κ2) is 8.75. The summed E-state index contributed by atoms with van der Waals surface area (Å²) in [6.45, 7) is 7.57. The third-order valence-corrected chi connectivity index (χ3v) is 4.79. The lowest BCUT2D eigenvalue weighted by atomic mass is 10.1. The molecular formula is C22H24ClN3O4. The third-order valence-electron chi connectivity index (χ3n) is 4.54. The number of carbonyl (C=O) groups excluding carboxylic acids is 1. The van der Waals surface area contributed by atoms with Gasteiger partial charge in [-0.2, -0.15) is 5.10 Å². The topological polar surface area (TPSA) is 75.3 Å². The van der Waals surface area contributed by atoms with E-state index in [1.165, 1.54) is 15.6 Å². The monoisotopic (exact) mass is 429 g/mol. The van der Waals surface area contributed by atoms with Crippen LogP contribution >= 0.6 is 11.6 Å². The number of esters is 1. The molecule has 30 heavy (non-hydrogen) atoms. The van der Waals surface area contributed by atoms with E-state index < -0.39 is 11.6 Å². The van der Waals surface area contributed by atoms with Gasteiger partial charge in [0.25, 0.3) is 0 Å². The second-order valence-electron chi connectivity index (χ2n) is 7.35. The van der Waals surface area contributed by atoms with Crippen molar-refractivity contribution in [2.45, 2.75) is 39.8 Å². The van der Waals surface area contributed by atoms with Crippen molar-refractivity contribution in [2.75, 3.05) is 6.61 Å². The minimum atomic E-state index is -1.10. The van der Waals surface area contributed by atoms with Crippen molar-refractivity contribution in [1.29, 1.82) is 0 Å². The van der Waals surface area contributed by atoms with Crippen molar-refractivity contribution in [3.05, 3.63) is 75.4 Å². The largest absolute Gasteiger partial charge is 0.476 e. The summed E-state index contributed by atoms with van der Waals surface area (Å²) in [6.07, 6.45) is 1.48. The molecule has 8 heteroatoms. The summed E-state index contributed by atoms with van der Waals surface area (Å²) in [6, 6.07) is 12.5. The fourth-order valence-corrected chi connectivity index (χ4v) is 3.07. The molecule has 0 aliphatic heterocycles. The number of aromatic nitrogens is 3. The zero-order valence-electron chi connectivity index (χ0n) is 17.4. The Morgan fingerprint density at radius 2 is 1.87 bits per heavy atom. The maximum absolute atomic E-state index is 12.7. The average molecular weight is 430 g/mol. The van der Waals surface area contributed by atoms with E-state index in [9.17, 15) is 9.59 Å². The normalized spacial score (nSPS) is 11.4. The van der Waals surface area contributed by atoms with E-state index in [0.29, 0.717) is 29.6 Å². The smallest absolute Gasteiger partial charge is 0.350 e. The van der Waals surface area contributed by atoms with Gasteiger partial charge in [0.05, 0.1) is 18.8 Å². The van der Waals surface area contributed by atoms with Gasteiger partial charge in [-0.25, -0.2) is 18.8 Å². The molecule has 2 aromatic carbocycles. The lowest BCUT2D eigenvalue weighted by molar-refractivity contribution is -0.158. The molecule has 0 atom stereocenters. The van der Waals surface area contributed by atoms with Crippen LogP contribution in [0.1, 0.15) is 31.9 Å². The van der Waals surface area contributed by atoms with Gasteiger partial charge in [0.1, 0.15) is 12.1 Å². The van der Waals surface area contributed by atoms with Crippen LogP contribution in [-0.4, -0.2) is 32.5 Å². The third kappa shape index (κ3) is 4.74. The predicted octanol–water partition coefficient (Wildman–Crippen LogP) is 3.76. The summed E-state index contributed by atoms with van der Waals surface area (Å²) in [5.74, 6) is 0.156. The highest BCUT2D eigenvalue weighted by Crippen LogP contribution is 2.25. The van der Waals surface area contributed by atoms with Crippen LogP contribution < -0.4 is 10.4 Å². The van der Waals surface area contributed by atoms with Gasteiger partial charge in [0.2, 0.25) is 0 Å². The summed E-state index contributed by atoms with van der Waals surface area (Å²) >= 11 is 5.91. The van der Waals surface area contributed by atoms with Crippen LogP contribution in [0.4, 0.5) is 0 Å². The molecule has 0 N–H and O–H groups in total. The van der Waals surface area contributed by atoms with Crippen molar-refractivity contribution in [3.8, 4) is 11.4 Å². The van der Waals surface area contributed by atoms with Crippen molar-refractivity contribution in [3.63, 3.8) is 0 Å². The molecule has 0 fully saturated rings. The van der Waals surface area contributed by atoms with E-state index in [-0.39, 0.29) is 5.69 Å². The van der Waals surface area contributed by atoms with Gasteiger partial charge in [0, 0.05) is 5.02 Å². The van der Waals surface area contributed by atoms with Gasteiger partial charge in [-0.05, 0) is 69.2 Å². The molecule has 3 rings (SSSR count). The first-order valence-electron chi connectivity index (χ1n) is 9.57. The highest BCUT2D eigenvalue weighted by molar-refractivity contribution is 6.30. The minimum Gasteiger partial charge on any atom is -0.476 e. The summed E-state index contributed by atoms with van der Waals surface area (Å²) in [4.78, 5) is 24.7. The number of nitrogens with zero attached hydrogens (tertiary/aromatic N) is 3. The molecule has 1 aromatic heterocycles. The van der Waals surface area contributed by atoms with Crippen LogP contribution in [0.2, 0.25) is 5.02 Å². The summed E-state index contributed by atoms with van der Waals surface area (Å²) in [5.41, 5.74) is 1.07. The molecule has 0 unspecified atom stereocenters. The summed E-state index contributed by atoms with van der Waals surface area (Å²) in [5, 5.41) is 4.81. The Labute approximate surface area is 179 Å². The van der Waals surface area contributed by atoms with Crippen molar-refractivity contribution < 1.29 is 14.3 Å². The van der Waals surface area contributed by atoms with E-state index in [0.717, 1.165) is 11.1 Å². The molecule has 0 radical (unpaired) electrons. The zero-order chi connectivity index (χ0) is 21.9. The lowest BCUT2D eigenvalue weighted by Gasteiger charge is -2.25. The standard InChI is InChI=1S/C22H24ClN3O4/c1-5-29-20(27)22(3,4)30-19-11-6-16(12-15(19)2)13-26-21(28)25(14-24-26)18-9-7-17(23)8-10-18/h6-12,14H,5,13H2,1-4H3. The highest BCUT2D eigenvalue weighted by Gasteiger charge is 2.32. The van der Waals surface area contributed by atoms with Crippen LogP contribution in [0.3, 0.4) is 0 Å². The SMILES string of the molecule is CCOC(=O)C(C)(C)Oc1ccc(Cn2ncn(-c3ccc(Cl)cc3)c2=O)cc1C. The van der Waals surface area contributed by atoms with Crippen molar-refractivity contribution in [2.24, 2.45) is 0 Å². The van der Waals surface area contributed by atoms with Gasteiger partial charge in [-0.1, -0.05) is 23.7 Å². The first kappa shape index (κ1) is 21.6. The van der Waals surface area contributed by atoms with Crippen LogP contribution in [0.15, 0.2) is 53.6 Å². The molecular weight excluding hydrogens is 406 g/mol. The van der Waals surface area contributed by atoms with E-state index in [2.05, 4.69) is 5.10 Å². The summed E-state index contributed by atoms with van der Waals surface area (Å²) in [7, 11) is 0. The molecule has 0 aliphatic carbocycles. The van der Waals surface area contributed by atoms with Gasteiger partial charge in [-0.15, -0.1) is 0 Å². The van der Waals surface area contributed by atoms with E-state index >= 15 is 0 Å². The van der Waals surface area contributed by atoms with Gasteiger partial charge in [-0.3, -0.25) is 0 Å². The molecule has 158 valence electrons. The number of carbonyl (C=O) groups is 1. The van der Waals surface area contributed by atoms with Crippen LogP contribution in [-0.2, 0) is 16.1 Å². The van der Waals surface area contributed by atoms with Gasteiger partial charge >= 0.3 is 11.7 Å². The maximum atomic E-state index is 12.7. The quantitative estimate of drug-likeness (QED) is 0.534. The van der Waals surface area contributed by atoms with E-state index in [1.54, 1.807) is 51.1 Å². The van der Waals surface area contributed by atoms with Crippen LogP contribution in [0.5, 0.6) is 5.75 Å². The number of benzene rings is 2. The molecule has 0 spiro atoms. The number of rotatable bonds is 7. The number of aryl methyl sites for hydroxylation is 1. The molecule has 1 heterocycles. The number of hydrogen-bond acceptors (Lipinski definition) is 5. The predicted molar refractivity (Wildman–Crippen MR) is 114 cm³/mol. The molecule has 0 bridgehead atoms. The first-order valence-corrected chi connectivity index (χ1v) is 9.95. The molecule has 0 amide bonds. The number of ether oxygens (including phenoxy) is 2. The Bertz CT molecular complexity index is 1100. The van der Waals surface area contributed by atoms with E-state index in [4.69, 9.17) is 21.1 Å². The minimum absolute atomic E-state index is 0.251. The second-order valence-corrected chi connectivity index (χ2v) is 7.79. The Kier molecular flexibility index (Phi) is 6.31. The highest BCUT2D eigenvalue weighted by atomic mass is 35.5. The van der Waals surface area contributed by atoms with Crippen LogP contribution in [0.25, 0.3) is 5.69 Å². The maximum Gasteiger partial charge on any atom is 0.350 e. The van der Waals surface area contributed by atoms with Gasteiger partial charge in [0.15, 0.2) is 5.60 Å². The molecule has 3 aromatic rings. The van der Waals surface area contributed by atoms with Crippen LogP contribution in [0, 0.1) is 6.92 Å². The molecule has 0 saturated carbocycles. The zero-order valence-corrected chi connectivity index (χ0v) is 18.1. The Morgan fingerprint density at radius 3 is 2.50 bits per heavy atom. The van der Waals surface area contributed by atoms with Gasteiger partial charge < -0.3 is 9.47 Å². The van der Waals surface area contributed by atoms with E-state index in [1.807, 2.05) is 19.1 Å². The van der Waals surface area contributed by atoms with Crippen molar-refractivity contribution >= 4 is 17.6 Å². The fraction of sp³-hybridized carbons (Fsp3) is 0.318. The molecule has 0 aliphatic rings. The Morgan fingerprint density at radius 1 is 1.17 bits per heavy atom. The average Bonchev–Trinajstić information content (AvgIpc) is 3.05. The fourth-order valence-electron chi connectivity index (χ4n) is 2.94.